The average Bonchev–Trinajstić information content (AvgIpc) is 3.24. The van der Waals surface area contributed by atoms with E-state index < -0.39 is 17.6 Å². The van der Waals surface area contributed by atoms with Gasteiger partial charge in [-0.25, -0.2) is 9.97 Å². The highest BCUT2D eigenvalue weighted by Crippen LogP contribution is 2.28. The summed E-state index contributed by atoms with van der Waals surface area (Å²) >= 11 is 0. The van der Waals surface area contributed by atoms with Crippen LogP contribution < -0.4 is 10.6 Å². The van der Waals surface area contributed by atoms with E-state index >= 15 is 0 Å². The number of carbonyl (C=O) groups excluding carboxylic acids is 2. The van der Waals surface area contributed by atoms with Gasteiger partial charge in [-0.15, -0.1) is 0 Å². The third-order valence-electron chi connectivity index (χ3n) is 6.79. The lowest BCUT2D eigenvalue weighted by atomic mass is 10.00. The number of hydrogen-bond acceptors (Lipinski definition) is 6. The van der Waals surface area contributed by atoms with E-state index in [1.165, 1.54) is 0 Å². The normalized spacial score (nSPS) is 17.4. The fourth-order valence-corrected chi connectivity index (χ4v) is 4.77. The molecule has 0 atom stereocenters. The van der Waals surface area contributed by atoms with Gasteiger partial charge in [-0.1, -0.05) is 6.07 Å². The molecular formula is C24H26F3N7O2. The largest absolute Gasteiger partial charge is 0.419 e. The molecule has 0 unspecified atom stereocenters. The van der Waals surface area contributed by atoms with Crippen molar-refractivity contribution in [2.45, 2.75) is 12.7 Å². The lowest BCUT2D eigenvalue weighted by Crippen LogP contribution is -2.55. The first-order valence-electron chi connectivity index (χ1n) is 11.7. The van der Waals surface area contributed by atoms with Gasteiger partial charge in [0.05, 0.1) is 12.1 Å². The second kappa shape index (κ2) is 9.41. The van der Waals surface area contributed by atoms with Crippen LogP contribution in [0.2, 0.25) is 0 Å². The van der Waals surface area contributed by atoms with E-state index in [0.717, 1.165) is 42.9 Å². The number of fused-ring (bicyclic) bond motifs is 1. The number of rotatable bonds is 6. The van der Waals surface area contributed by atoms with Crippen molar-refractivity contribution in [3.8, 4) is 0 Å². The highest BCUT2D eigenvalue weighted by atomic mass is 19.4. The van der Waals surface area contributed by atoms with Crippen LogP contribution in [-0.4, -0.2) is 82.0 Å². The van der Waals surface area contributed by atoms with E-state index in [2.05, 4.69) is 19.4 Å². The minimum atomic E-state index is -4.47. The van der Waals surface area contributed by atoms with Gasteiger partial charge in [0, 0.05) is 81.4 Å². The van der Waals surface area contributed by atoms with Crippen molar-refractivity contribution in [3.05, 3.63) is 54.0 Å². The summed E-state index contributed by atoms with van der Waals surface area (Å²) in [4.78, 5) is 37.6. The Morgan fingerprint density at radius 3 is 2.36 bits per heavy atom. The van der Waals surface area contributed by atoms with Crippen LogP contribution in [-0.2, 0) is 17.5 Å². The van der Waals surface area contributed by atoms with Crippen molar-refractivity contribution in [1.29, 1.82) is 0 Å². The molecule has 2 amide bonds. The molecule has 0 bridgehead atoms. The van der Waals surface area contributed by atoms with Gasteiger partial charge in [-0.05, 0) is 23.6 Å². The van der Waals surface area contributed by atoms with Crippen LogP contribution in [0.5, 0.6) is 0 Å². The minimum Gasteiger partial charge on any atom is -0.366 e. The quantitative estimate of drug-likeness (QED) is 0.553. The smallest absolute Gasteiger partial charge is 0.366 e. The van der Waals surface area contributed by atoms with E-state index in [0.29, 0.717) is 44.2 Å². The zero-order chi connectivity index (χ0) is 25.4. The van der Waals surface area contributed by atoms with Gasteiger partial charge in [-0.2, -0.15) is 13.2 Å². The van der Waals surface area contributed by atoms with E-state index in [9.17, 15) is 22.8 Å². The first kappa shape index (κ1) is 24.0. The van der Waals surface area contributed by atoms with Crippen LogP contribution in [0.25, 0.3) is 10.9 Å². The molecule has 2 aromatic heterocycles. The number of alkyl halides is 3. The molecule has 4 heterocycles. The number of benzene rings is 1. The molecule has 2 aliphatic rings. The molecule has 36 heavy (non-hydrogen) atoms. The van der Waals surface area contributed by atoms with Crippen LogP contribution in [0, 0.1) is 5.92 Å². The van der Waals surface area contributed by atoms with E-state index in [-0.39, 0.29) is 11.9 Å². The molecule has 0 spiro atoms. The lowest BCUT2D eigenvalue weighted by molar-refractivity contribution is -0.138. The Bertz CT molecular complexity index is 1260. The molecule has 5 rings (SSSR count). The number of halogens is 3. The van der Waals surface area contributed by atoms with E-state index in [1.54, 1.807) is 15.9 Å². The van der Waals surface area contributed by atoms with Gasteiger partial charge in [-0.3, -0.25) is 14.5 Å². The van der Waals surface area contributed by atoms with Crippen LogP contribution >= 0.6 is 0 Å². The maximum Gasteiger partial charge on any atom is 0.419 e. The van der Waals surface area contributed by atoms with Crippen LogP contribution in [0.1, 0.15) is 15.9 Å². The Hall–Kier alpha value is -3.67. The number of hydrogen-bond donors (Lipinski definition) is 1. The Morgan fingerprint density at radius 1 is 1.03 bits per heavy atom. The van der Waals surface area contributed by atoms with Gasteiger partial charge in [0.15, 0.2) is 0 Å². The standard InChI is InChI=1S/C24H26F3N7O2/c25-24(26,27)19-10-29-23(30-11-19)33-7-5-32(6-8-33)21(35)15-31-12-16(13-31)14-34-4-3-17-1-2-18(22(28)36)9-20(17)34/h1-4,9-11,16H,5-8,12-15H2,(H2,28,36). The van der Waals surface area contributed by atoms with Crippen molar-refractivity contribution in [1.82, 2.24) is 24.3 Å². The zero-order valence-electron chi connectivity index (χ0n) is 19.5. The van der Waals surface area contributed by atoms with Gasteiger partial charge in [0.25, 0.3) is 0 Å². The molecule has 12 heteroatoms. The van der Waals surface area contributed by atoms with Crippen molar-refractivity contribution < 1.29 is 22.8 Å². The highest BCUT2D eigenvalue weighted by Gasteiger charge is 2.33. The summed E-state index contributed by atoms with van der Waals surface area (Å²) in [5.41, 5.74) is 5.98. The number of aromatic nitrogens is 3. The molecule has 2 N–H and O–H groups in total. The number of anilines is 1. The SMILES string of the molecule is NC(=O)c1ccc2ccn(CC3CN(CC(=O)N4CCN(c5ncc(C(F)(F)F)cn5)CC4)C3)c2c1. The number of nitrogens with two attached hydrogens (primary N) is 1. The lowest BCUT2D eigenvalue weighted by Gasteiger charge is -2.41. The predicted octanol–water partition coefficient (Wildman–Crippen LogP) is 1.83. The summed E-state index contributed by atoms with van der Waals surface area (Å²) in [6.45, 7) is 4.62. The third-order valence-corrected chi connectivity index (χ3v) is 6.79. The number of likely N-dealkylation sites (tertiary alicyclic amines) is 1. The van der Waals surface area contributed by atoms with Crippen LogP contribution in [0.4, 0.5) is 19.1 Å². The summed E-state index contributed by atoms with van der Waals surface area (Å²) < 4.78 is 40.2. The first-order valence-corrected chi connectivity index (χ1v) is 11.7. The highest BCUT2D eigenvalue weighted by molar-refractivity contribution is 5.97. The molecule has 3 aromatic rings. The fraction of sp³-hybridized carbons (Fsp3) is 0.417. The third kappa shape index (κ3) is 4.99. The van der Waals surface area contributed by atoms with Crippen LogP contribution in [0.15, 0.2) is 42.9 Å². The Kier molecular flexibility index (Phi) is 6.29. The molecule has 2 fully saturated rings. The second-order valence-electron chi connectivity index (χ2n) is 9.30. The molecule has 0 aliphatic carbocycles. The minimum absolute atomic E-state index is 0.0407. The molecule has 9 nitrogen and oxygen atoms in total. The number of amides is 2. The molecule has 1 aromatic carbocycles. The van der Waals surface area contributed by atoms with Crippen molar-refractivity contribution in [2.24, 2.45) is 11.7 Å². The molecular weight excluding hydrogens is 475 g/mol. The summed E-state index contributed by atoms with van der Waals surface area (Å²) in [5.74, 6) is 0.227. The molecule has 2 aliphatic heterocycles. The van der Waals surface area contributed by atoms with Crippen molar-refractivity contribution >= 4 is 28.7 Å². The van der Waals surface area contributed by atoms with Crippen molar-refractivity contribution in [2.75, 3.05) is 50.7 Å². The Labute approximate surface area is 205 Å². The Balaban J connectivity index is 1.08. The zero-order valence-corrected chi connectivity index (χ0v) is 19.5. The van der Waals surface area contributed by atoms with Crippen LogP contribution in [0.3, 0.4) is 0 Å². The number of carbonyl (C=O) groups is 2. The summed E-state index contributed by atoms with van der Waals surface area (Å²) in [6, 6.07) is 7.44. The van der Waals surface area contributed by atoms with E-state index in [1.807, 2.05) is 24.4 Å². The van der Waals surface area contributed by atoms with Gasteiger partial charge >= 0.3 is 6.18 Å². The molecule has 2 saturated heterocycles. The fourth-order valence-electron chi connectivity index (χ4n) is 4.77. The molecule has 0 radical (unpaired) electrons. The molecule has 0 saturated carbocycles. The average molecular weight is 502 g/mol. The predicted molar refractivity (Wildman–Crippen MR) is 126 cm³/mol. The maximum absolute atomic E-state index is 12.8. The van der Waals surface area contributed by atoms with Gasteiger partial charge < -0.3 is 20.1 Å². The topological polar surface area (TPSA) is 101 Å². The number of nitrogens with zero attached hydrogens (tertiary/aromatic N) is 6. The Morgan fingerprint density at radius 2 is 1.72 bits per heavy atom. The van der Waals surface area contributed by atoms with Crippen molar-refractivity contribution in [3.63, 3.8) is 0 Å². The summed E-state index contributed by atoms with van der Waals surface area (Å²) in [7, 11) is 0. The first-order chi connectivity index (χ1) is 17.2. The van der Waals surface area contributed by atoms with E-state index in [4.69, 9.17) is 5.73 Å². The second-order valence-corrected chi connectivity index (χ2v) is 9.30. The number of piperazine rings is 1. The molecule has 190 valence electrons. The van der Waals surface area contributed by atoms with Gasteiger partial charge in [0.1, 0.15) is 0 Å². The summed E-state index contributed by atoms with van der Waals surface area (Å²) in [5, 5.41) is 1.05. The van der Waals surface area contributed by atoms with Gasteiger partial charge in [0.2, 0.25) is 17.8 Å². The monoisotopic (exact) mass is 501 g/mol. The summed E-state index contributed by atoms with van der Waals surface area (Å²) in [6.07, 6.45) is -0.895. The number of primary amides is 1. The maximum atomic E-state index is 12.8.